The van der Waals surface area contributed by atoms with E-state index in [4.69, 9.17) is 9.84 Å². The van der Waals surface area contributed by atoms with Crippen LogP contribution in [0.5, 0.6) is 5.75 Å². The molecule has 2 aromatic rings. The van der Waals surface area contributed by atoms with Crippen molar-refractivity contribution in [2.24, 2.45) is 0 Å². The molecule has 0 fully saturated rings. The maximum absolute atomic E-state index is 10.6. The molecule has 1 aromatic heterocycles. The molecule has 0 atom stereocenters. The molecule has 0 aliphatic heterocycles. The van der Waals surface area contributed by atoms with Crippen LogP contribution in [0, 0.1) is 0 Å². The van der Waals surface area contributed by atoms with Crippen molar-refractivity contribution >= 4 is 5.97 Å². The fourth-order valence-electron chi connectivity index (χ4n) is 1.91. The number of carboxylic acid groups (broad SMARTS) is 1. The van der Waals surface area contributed by atoms with Gasteiger partial charge in [0.05, 0.1) is 0 Å². The van der Waals surface area contributed by atoms with E-state index in [0.717, 1.165) is 11.1 Å². The number of carbonyl (C=O) groups is 1. The highest BCUT2D eigenvalue weighted by Crippen LogP contribution is 2.25. The monoisotopic (exact) mass is 287 g/mol. The Kier molecular flexibility index (Phi) is 4.84. The predicted octanol–water partition coefficient (Wildman–Crippen LogP) is 1.67. The summed E-state index contributed by atoms with van der Waals surface area (Å²) in [5.74, 6) is 0.189. The van der Waals surface area contributed by atoms with Crippen LogP contribution in [0.25, 0.3) is 11.4 Å². The van der Waals surface area contributed by atoms with Crippen LogP contribution in [0.15, 0.2) is 36.7 Å². The summed E-state index contributed by atoms with van der Waals surface area (Å²) in [5.41, 5.74) is 1.77. The zero-order chi connectivity index (χ0) is 15.2. The molecule has 110 valence electrons. The summed E-state index contributed by atoms with van der Waals surface area (Å²) in [5, 5.41) is 8.72. The SMILES string of the molecule is CN(C)Cc1cc(-c2ncccn2)ccc1OCC(=O)O. The maximum atomic E-state index is 10.6. The first-order valence-corrected chi connectivity index (χ1v) is 6.46. The summed E-state index contributed by atoms with van der Waals surface area (Å²) in [6.07, 6.45) is 3.37. The van der Waals surface area contributed by atoms with Crippen molar-refractivity contribution in [1.29, 1.82) is 0 Å². The molecule has 0 aliphatic carbocycles. The average molecular weight is 287 g/mol. The number of nitrogens with zero attached hydrogens (tertiary/aromatic N) is 3. The van der Waals surface area contributed by atoms with Gasteiger partial charge in [0.25, 0.3) is 0 Å². The highest BCUT2D eigenvalue weighted by molar-refractivity contribution is 5.68. The molecule has 0 saturated heterocycles. The third kappa shape index (κ3) is 4.25. The predicted molar refractivity (Wildman–Crippen MR) is 78.0 cm³/mol. The van der Waals surface area contributed by atoms with Crippen molar-refractivity contribution in [3.05, 3.63) is 42.2 Å². The van der Waals surface area contributed by atoms with Gasteiger partial charge in [0.2, 0.25) is 0 Å². The van der Waals surface area contributed by atoms with Crippen LogP contribution in [-0.2, 0) is 11.3 Å². The minimum atomic E-state index is -0.999. The maximum Gasteiger partial charge on any atom is 0.341 e. The molecule has 0 saturated carbocycles. The number of aromatic nitrogens is 2. The van der Waals surface area contributed by atoms with E-state index in [1.165, 1.54) is 0 Å². The Morgan fingerprint density at radius 3 is 2.62 bits per heavy atom. The van der Waals surface area contributed by atoms with E-state index in [9.17, 15) is 4.79 Å². The smallest absolute Gasteiger partial charge is 0.341 e. The molecule has 0 radical (unpaired) electrons. The summed E-state index contributed by atoms with van der Waals surface area (Å²) >= 11 is 0. The lowest BCUT2D eigenvalue weighted by molar-refractivity contribution is -0.139. The molecule has 0 unspecified atom stereocenters. The largest absolute Gasteiger partial charge is 0.482 e. The standard InChI is InChI=1S/C15H17N3O3/c1-18(2)9-12-8-11(15-16-6-3-7-17-15)4-5-13(12)21-10-14(19)20/h3-8H,9-10H2,1-2H3,(H,19,20). The highest BCUT2D eigenvalue weighted by Gasteiger charge is 2.10. The minimum absolute atomic E-state index is 0.360. The number of rotatable bonds is 6. The van der Waals surface area contributed by atoms with Crippen molar-refractivity contribution < 1.29 is 14.6 Å². The van der Waals surface area contributed by atoms with Crippen LogP contribution < -0.4 is 4.74 Å². The van der Waals surface area contributed by atoms with Gasteiger partial charge in [-0.3, -0.25) is 0 Å². The number of ether oxygens (including phenoxy) is 1. The lowest BCUT2D eigenvalue weighted by Gasteiger charge is -2.15. The Bertz CT molecular complexity index is 615. The van der Waals surface area contributed by atoms with E-state index >= 15 is 0 Å². The lowest BCUT2D eigenvalue weighted by Crippen LogP contribution is -2.14. The number of carboxylic acids is 1. The van der Waals surface area contributed by atoms with Crippen molar-refractivity contribution in [2.45, 2.75) is 6.54 Å². The van der Waals surface area contributed by atoms with Crippen LogP contribution >= 0.6 is 0 Å². The van der Waals surface area contributed by atoms with Crippen LogP contribution in [0.4, 0.5) is 0 Å². The quantitative estimate of drug-likeness (QED) is 0.871. The molecule has 0 amide bonds. The highest BCUT2D eigenvalue weighted by atomic mass is 16.5. The number of hydrogen-bond donors (Lipinski definition) is 1. The van der Waals surface area contributed by atoms with Crippen LogP contribution in [0.2, 0.25) is 0 Å². The van der Waals surface area contributed by atoms with Gasteiger partial charge in [-0.1, -0.05) is 0 Å². The van der Waals surface area contributed by atoms with Gasteiger partial charge in [0.1, 0.15) is 5.75 Å². The van der Waals surface area contributed by atoms with E-state index < -0.39 is 5.97 Å². The van der Waals surface area contributed by atoms with Gasteiger partial charge in [-0.2, -0.15) is 0 Å². The molecule has 2 rings (SSSR count). The summed E-state index contributed by atoms with van der Waals surface area (Å²) in [4.78, 5) is 21.1. The molecule has 0 bridgehead atoms. The second-order valence-electron chi connectivity index (χ2n) is 4.82. The van der Waals surface area contributed by atoms with E-state index in [0.29, 0.717) is 18.1 Å². The van der Waals surface area contributed by atoms with Crippen molar-refractivity contribution in [2.75, 3.05) is 20.7 Å². The zero-order valence-electron chi connectivity index (χ0n) is 12.0. The van der Waals surface area contributed by atoms with Gasteiger partial charge in [-0.05, 0) is 38.4 Å². The Morgan fingerprint density at radius 2 is 2.00 bits per heavy atom. The van der Waals surface area contributed by atoms with E-state index in [-0.39, 0.29) is 6.61 Å². The number of aliphatic carboxylic acids is 1. The van der Waals surface area contributed by atoms with Gasteiger partial charge in [0.15, 0.2) is 12.4 Å². The van der Waals surface area contributed by atoms with Gasteiger partial charge in [-0.15, -0.1) is 0 Å². The molecular weight excluding hydrogens is 270 g/mol. The summed E-state index contributed by atoms with van der Waals surface area (Å²) < 4.78 is 5.32. The van der Waals surface area contributed by atoms with E-state index in [1.54, 1.807) is 24.5 Å². The molecular formula is C15H17N3O3. The first-order chi connectivity index (χ1) is 10.1. The van der Waals surface area contributed by atoms with Crippen molar-refractivity contribution in [3.8, 4) is 17.1 Å². The fraction of sp³-hybridized carbons (Fsp3) is 0.267. The molecule has 1 aromatic carbocycles. The fourth-order valence-corrected chi connectivity index (χ4v) is 1.91. The third-order valence-electron chi connectivity index (χ3n) is 2.72. The van der Waals surface area contributed by atoms with E-state index in [2.05, 4.69) is 9.97 Å². The third-order valence-corrected chi connectivity index (χ3v) is 2.72. The normalized spacial score (nSPS) is 10.6. The molecule has 0 aliphatic rings. The Balaban J connectivity index is 2.32. The first kappa shape index (κ1) is 14.9. The molecule has 6 nitrogen and oxygen atoms in total. The second kappa shape index (κ2) is 6.81. The summed E-state index contributed by atoms with van der Waals surface area (Å²) in [6, 6.07) is 7.26. The Morgan fingerprint density at radius 1 is 1.29 bits per heavy atom. The first-order valence-electron chi connectivity index (χ1n) is 6.46. The number of benzene rings is 1. The van der Waals surface area contributed by atoms with Gasteiger partial charge >= 0.3 is 5.97 Å². The summed E-state index contributed by atoms with van der Waals surface area (Å²) in [6.45, 7) is 0.275. The lowest BCUT2D eigenvalue weighted by atomic mass is 10.1. The second-order valence-corrected chi connectivity index (χ2v) is 4.82. The molecule has 1 heterocycles. The molecule has 21 heavy (non-hydrogen) atoms. The number of hydrogen-bond acceptors (Lipinski definition) is 5. The summed E-state index contributed by atoms with van der Waals surface area (Å²) in [7, 11) is 3.87. The van der Waals surface area contributed by atoms with Gasteiger partial charge in [-0.25, -0.2) is 14.8 Å². The Labute approximate surface area is 123 Å². The topological polar surface area (TPSA) is 75.5 Å². The zero-order valence-corrected chi connectivity index (χ0v) is 12.0. The average Bonchev–Trinajstić information content (AvgIpc) is 2.46. The van der Waals surface area contributed by atoms with Crippen LogP contribution in [0.1, 0.15) is 5.56 Å². The molecule has 6 heteroatoms. The molecule has 1 N–H and O–H groups in total. The van der Waals surface area contributed by atoms with Crippen molar-refractivity contribution in [1.82, 2.24) is 14.9 Å². The Hall–Kier alpha value is -2.47. The van der Waals surface area contributed by atoms with Crippen molar-refractivity contribution in [3.63, 3.8) is 0 Å². The van der Waals surface area contributed by atoms with Gasteiger partial charge < -0.3 is 14.7 Å². The van der Waals surface area contributed by atoms with Crippen LogP contribution in [-0.4, -0.2) is 46.6 Å². The van der Waals surface area contributed by atoms with E-state index in [1.807, 2.05) is 31.1 Å². The minimum Gasteiger partial charge on any atom is -0.482 e. The van der Waals surface area contributed by atoms with Crippen LogP contribution in [0.3, 0.4) is 0 Å². The molecule has 0 spiro atoms. The van der Waals surface area contributed by atoms with Gasteiger partial charge in [0, 0.05) is 30.1 Å².